The highest BCUT2D eigenvalue weighted by atomic mass is 16.5. The van der Waals surface area contributed by atoms with E-state index < -0.39 is 0 Å². The van der Waals surface area contributed by atoms with Crippen LogP contribution >= 0.6 is 0 Å². The normalized spacial score (nSPS) is 17.7. The summed E-state index contributed by atoms with van der Waals surface area (Å²) in [6.45, 7) is 6.89. The van der Waals surface area contributed by atoms with Crippen molar-refractivity contribution in [2.24, 2.45) is 0 Å². The molecule has 0 aliphatic carbocycles. The summed E-state index contributed by atoms with van der Waals surface area (Å²) in [5, 5.41) is 10.4. The predicted molar refractivity (Wildman–Crippen MR) is 136 cm³/mol. The number of methoxy groups -OCH3 is 1. The van der Waals surface area contributed by atoms with Crippen LogP contribution in [0.25, 0.3) is 10.9 Å². The lowest BCUT2D eigenvalue weighted by Crippen LogP contribution is -2.38. The van der Waals surface area contributed by atoms with Gasteiger partial charge in [0.1, 0.15) is 5.75 Å². The summed E-state index contributed by atoms with van der Waals surface area (Å²) in [6, 6.07) is 14.8. The van der Waals surface area contributed by atoms with Gasteiger partial charge in [0, 0.05) is 41.9 Å². The van der Waals surface area contributed by atoms with Crippen LogP contribution < -0.4 is 9.64 Å². The Morgan fingerprint density at radius 1 is 1.09 bits per heavy atom. The minimum absolute atomic E-state index is 0.595. The van der Waals surface area contributed by atoms with Crippen molar-refractivity contribution in [1.82, 2.24) is 9.88 Å². The molecule has 34 heavy (non-hydrogen) atoms. The molecule has 0 bridgehead atoms. The standard InChI is InChI=1S/C28H34N4O2/c1-33-24-5-6-25(28(18-24)32-13-15-34-16-14-32)22-8-11-31(12-9-22)10-2-3-23-20-30-27-7-4-21(19-29)17-26(23)27/h4-7,17-18,20,22,30H,2-3,8-16H2,1H3. The lowest BCUT2D eigenvalue weighted by atomic mass is 9.87. The number of nitrogens with zero attached hydrogens (tertiary/aromatic N) is 3. The molecule has 2 aromatic carbocycles. The quantitative estimate of drug-likeness (QED) is 0.556. The number of nitriles is 1. The number of aromatic nitrogens is 1. The lowest BCUT2D eigenvalue weighted by Gasteiger charge is -2.36. The van der Waals surface area contributed by atoms with E-state index in [1.165, 1.54) is 35.0 Å². The third-order valence-electron chi connectivity index (χ3n) is 7.43. The van der Waals surface area contributed by atoms with Crippen molar-refractivity contribution in [1.29, 1.82) is 5.26 Å². The average molecular weight is 459 g/mol. The van der Waals surface area contributed by atoms with Crippen molar-refractivity contribution < 1.29 is 9.47 Å². The van der Waals surface area contributed by atoms with Crippen LogP contribution in [0.5, 0.6) is 5.75 Å². The molecule has 5 rings (SSSR count). The molecule has 2 fully saturated rings. The van der Waals surface area contributed by atoms with Crippen molar-refractivity contribution in [3.05, 3.63) is 59.3 Å². The molecule has 0 amide bonds. The molecular weight excluding hydrogens is 424 g/mol. The number of fused-ring (bicyclic) bond motifs is 1. The number of ether oxygens (including phenoxy) is 2. The molecule has 2 aliphatic rings. The maximum absolute atomic E-state index is 9.21. The highest BCUT2D eigenvalue weighted by Gasteiger charge is 2.25. The number of likely N-dealkylation sites (tertiary alicyclic amines) is 1. The van der Waals surface area contributed by atoms with Gasteiger partial charge in [0.25, 0.3) is 0 Å². The van der Waals surface area contributed by atoms with Crippen molar-refractivity contribution in [3.63, 3.8) is 0 Å². The highest BCUT2D eigenvalue weighted by molar-refractivity contribution is 5.84. The molecule has 1 aromatic heterocycles. The van der Waals surface area contributed by atoms with E-state index in [1.807, 2.05) is 18.2 Å². The Morgan fingerprint density at radius 3 is 2.68 bits per heavy atom. The minimum Gasteiger partial charge on any atom is -0.497 e. The highest BCUT2D eigenvalue weighted by Crippen LogP contribution is 2.37. The van der Waals surface area contributed by atoms with E-state index in [9.17, 15) is 5.26 Å². The minimum atomic E-state index is 0.595. The van der Waals surface area contributed by atoms with Crippen LogP contribution in [0.4, 0.5) is 5.69 Å². The van der Waals surface area contributed by atoms with Gasteiger partial charge in [-0.3, -0.25) is 0 Å². The van der Waals surface area contributed by atoms with Gasteiger partial charge < -0.3 is 24.3 Å². The van der Waals surface area contributed by atoms with Crippen molar-refractivity contribution >= 4 is 16.6 Å². The zero-order valence-electron chi connectivity index (χ0n) is 20.1. The van der Waals surface area contributed by atoms with E-state index in [4.69, 9.17) is 9.47 Å². The summed E-state index contributed by atoms with van der Waals surface area (Å²) in [6.07, 6.45) is 6.67. The van der Waals surface area contributed by atoms with Gasteiger partial charge >= 0.3 is 0 Å². The number of morpholine rings is 1. The summed E-state index contributed by atoms with van der Waals surface area (Å²) in [5.74, 6) is 1.53. The first-order chi connectivity index (χ1) is 16.7. The molecular formula is C28H34N4O2. The molecule has 0 saturated carbocycles. The Bertz CT molecular complexity index is 1150. The van der Waals surface area contributed by atoms with Crippen molar-refractivity contribution in [3.8, 4) is 11.8 Å². The number of H-pyrrole nitrogens is 1. The molecule has 0 spiro atoms. The first-order valence-electron chi connectivity index (χ1n) is 12.5. The molecule has 3 aromatic rings. The summed E-state index contributed by atoms with van der Waals surface area (Å²) in [5.41, 5.74) is 5.96. The Balaban J connectivity index is 1.18. The lowest BCUT2D eigenvalue weighted by molar-refractivity contribution is 0.122. The summed E-state index contributed by atoms with van der Waals surface area (Å²) < 4.78 is 11.1. The summed E-state index contributed by atoms with van der Waals surface area (Å²) >= 11 is 0. The number of hydrogen-bond donors (Lipinski definition) is 1. The third-order valence-corrected chi connectivity index (χ3v) is 7.43. The number of nitrogens with one attached hydrogen (secondary N) is 1. The summed E-state index contributed by atoms with van der Waals surface area (Å²) in [7, 11) is 1.75. The van der Waals surface area contributed by atoms with Crippen LogP contribution in [-0.2, 0) is 11.2 Å². The van der Waals surface area contributed by atoms with Crippen LogP contribution in [0, 0.1) is 11.3 Å². The molecule has 1 N–H and O–H groups in total. The van der Waals surface area contributed by atoms with Crippen molar-refractivity contribution in [2.45, 2.75) is 31.6 Å². The fourth-order valence-electron chi connectivity index (χ4n) is 5.49. The molecule has 0 radical (unpaired) electrons. The molecule has 2 aliphatic heterocycles. The van der Waals surface area contributed by atoms with Gasteiger partial charge in [-0.05, 0) is 86.6 Å². The van der Waals surface area contributed by atoms with Gasteiger partial charge in [-0.2, -0.15) is 5.26 Å². The second-order valence-electron chi connectivity index (χ2n) is 9.43. The first-order valence-corrected chi connectivity index (χ1v) is 12.5. The van der Waals surface area contributed by atoms with Gasteiger partial charge in [-0.1, -0.05) is 6.07 Å². The second kappa shape index (κ2) is 10.5. The van der Waals surface area contributed by atoms with E-state index in [1.54, 1.807) is 7.11 Å². The molecule has 6 nitrogen and oxygen atoms in total. The molecule has 178 valence electrons. The average Bonchev–Trinajstić information content (AvgIpc) is 3.31. The molecule has 2 saturated heterocycles. The fraction of sp³-hybridized carbons (Fsp3) is 0.464. The fourth-order valence-corrected chi connectivity index (χ4v) is 5.49. The zero-order chi connectivity index (χ0) is 23.3. The molecule has 0 unspecified atom stereocenters. The van der Waals surface area contributed by atoms with Gasteiger partial charge in [0.15, 0.2) is 0 Å². The topological polar surface area (TPSA) is 64.5 Å². The maximum atomic E-state index is 9.21. The van der Waals surface area contributed by atoms with Crippen LogP contribution in [0.2, 0.25) is 0 Å². The van der Waals surface area contributed by atoms with Crippen LogP contribution in [0.1, 0.15) is 41.9 Å². The van der Waals surface area contributed by atoms with E-state index in [2.05, 4.69) is 45.2 Å². The number of benzene rings is 2. The number of rotatable bonds is 7. The summed E-state index contributed by atoms with van der Waals surface area (Å²) in [4.78, 5) is 8.43. The molecule has 0 atom stereocenters. The van der Waals surface area contributed by atoms with Gasteiger partial charge in [0.05, 0.1) is 32.0 Å². The van der Waals surface area contributed by atoms with Crippen LogP contribution in [0.15, 0.2) is 42.6 Å². The third kappa shape index (κ3) is 4.91. The number of piperidine rings is 1. The number of aryl methyl sites for hydroxylation is 1. The van der Waals surface area contributed by atoms with Crippen LogP contribution in [0.3, 0.4) is 0 Å². The molecule has 3 heterocycles. The Labute approximate surface area is 202 Å². The van der Waals surface area contributed by atoms with E-state index in [0.29, 0.717) is 5.92 Å². The second-order valence-corrected chi connectivity index (χ2v) is 9.43. The monoisotopic (exact) mass is 458 g/mol. The number of anilines is 1. The van der Waals surface area contributed by atoms with E-state index >= 15 is 0 Å². The van der Waals surface area contributed by atoms with Gasteiger partial charge in [-0.15, -0.1) is 0 Å². The van der Waals surface area contributed by atoms with Gasteiger partial charge in [0.2, 0.25) is 0 Å². The Kier molecular flexibility index (Phi) is 7.03. The number of hydrogen-bond acceptors (Lipinski definition) is 5. The first kappa shape index (κ1) is 22.8. The largest absolute Gasteiger partial charge is 0.497 e. The van der Waals surface area contributed by atoms with E-state index in [0.717, 1.165) is 75.6 Å². The Hall–Kier alpha value is -3.01. The predicted octanol–water partition coefficient (Wildman–Crippen LogP) is 4.70. The smallest absolute Gasteiger partial charge is 0.120 e. The van der Waals surface area contributed by atoms with E-state index in [-0.39, 0.29) is 0 Å². The SMILES string of the molecule is COc1ccc(C2CCN(CCCc3c[nH]c4ccc(C#N)cc34)CC2)c(N2CCOCC2)c1. The number of aromatic amines is 1. The van der Waals surface area contributed by atoms with Gasteiger partial charge in [-0.25, -0.2) is 0 Å². The van der Waals surface area contributed by atoms with Crippen LogP contribution in [-0.4, -0.2) is 62.9 Å². The maximum Gasteiger partial charge on any atom is 0.120 e. The molecule has 6 heteroatoms. The zero-order valence-corrected chi connectivity index (χ0v) is 20.1. The Morgan fingerprint density at radius 2 is 1.91 bits per heavy atom. The van der Waals surface area contributed by atoms with Crippen molar-refractivity contribution in [2.75, 3.05) is 57.9 Å².